The zero-order chi connectivity index (χ0) is 17.1. The van der Waals surface area contributed by atoms with Gasteiger partial charge in [0.15, 0.2) is 0 Å². The molecule has 0 radical (unpaired) electrons. The molecule has 0 aromatic carbocycles. The van der Waals surface area contributed by atoms with Gasteiger partial charge in [-0.05, 0) is 43.0 Å². The number of nitrogens with zero attached hydrogens (tertiary/aromatic N) is 4. The monoisotopic (exact) mass is 350 g/mol. The smallest absolute Gasteiger partial charge is 0.291 e. The number of pyridine rings is 2. The number of hydrogen-bond donors (Lipinski definition) is 0. The van der Waals surface area contributed by atoms with Crippen LogP contribution in [0.3, 0.4) is 0 Å². The Morgan fingerprint density at radius 3 is 2.88 bits per heavy atom. The summed E-state index contributed by atoms with van der Waals surface area (Å²) in [6, 6.07) is 9.77. The lowest BCUT2D eigenvalue weighted by Crippen LogP contribution is -2.27. The molecule has 25 heavy (non-hydrogen) atoms. The van der Waals surface area contributed by atoms with E-state index in [1.807, 2.05) is 34.9 Å². The number of rotatable bonds is 5. The predicted molar refractivity (Wildman–Crippen MR) is 97.7 cm³/mol. The molecule has 0 fully saturated rings. The Balaban J connectivity index is 1.63. The van der Waals surface area contributed by atoms with Gasteiger partial charge in [0.2, 0.25) is 0 Å². The summed E-state index contributed by atoms with van der Waals surface area (Å²) >= 11 is 1.61. The summed E-state index contributed by atoms with van der Waals surface area (Å²) in [7, 11) is 0. The van der Waals surface area contributed by atoms with Gasteiger partial charge in [-0.3, -0.25) is 14.5 Å². The van der Waals surface area contributed by atoms with E-state index in [9.17, 15) is 4.79 Å². The Bertz CT molecular complexity index is 925. The van der Waals surface area contributed by atoms with Crippen LogP contribution in [0.15, 0.2) is 58.7 Å². The number of aromatic nitrogens is 4. The average Bonchev–Trinajstić information content (AvgIpc) is 3.14. The summed E-state index contributed by atoms with van der Waals surface area (Å²) in [6.45, 7) is 0.535. The van der Waals surface area contributed by atoms with E-state index in [0.717, 1.165) is 47.0 Å². The second kappa shape index (κ2) is 7.19. The molecule has 3 aromatic rings. The molecule has 0 N–H and O–H groups in total. The molecular weight excluding hydrogens is 332 g/mol. The van der Waals surface area contributed by atoms with Crippen molar-refractivity contribution in [3.63, 3.8) is 0 Å². The van der Waals surface area contributed by atoms with Crippen LogP contribution >= 0.6 is 11.8 Å². The van der Waals surface area contributed by atoms with Crippen LogP contribution in [0, 0.1) is 0 Å². The fraction of sp³-hybridized carbons (Fsp3) is 0.263. The highest BCUT2D eigenvalue weighted by molar-refractivity contribution is 7.98. The largest absolute Gasteiger partial charge is 0.349 e. The molecule has 5 nitrogen and oxygen atoms in total. The molecule has 6 heteroatoms. The highest BCUT2D eigenvalue weighted by Gasteiger charge is 2.22. The third-order valence-electron chi connectivity index (χ3n) is 4.35. The molecule has 1 aliphatic rings. The maximum Gasteiger partial charge on any atom is 0.349 e. The van der Waals surface area contributed by atoms with E-state index >= 15 is 0 Å². The first-order valence-electron chi connectivity index (χ1n) is 8.35. The normalized spacial score (nSPS) is 13.0. The van der Waals surface area contributed by atoms with Gasteiger partial charge in [0.1, 0.15) is 5.03 Å². The maximum absolute atomic E-state index is 12.6. The highest BCUT2D eigenvalue weighted by Crippen LogP contribution is 2.30. The van der Waals surface area contributed by atoms with Crippen LogP contribution in [0.1, 0.15) is 28.9 Å². The minimum absolute atomic E-state index is 0.173. The fourth-order valence-corrected chi connectivity index (χ4v) is 4.16. The molecule has 0 unspecified atom stereocenters. The van der Waals surface area contributed by atoms with Crippen LogP contribution in [0.25, 0.3) is 0 Å². The van der Waals surface area contributed by atoms with Crippen LogP contribution < -0.4 is 5.69 Å². The van der Waals surface area contributed by atoms with Gasteiger partial charge in [-0.25, -0.2) is 4.79 Å². The Morgan fingerprint density at radius 2 is 2.08 bits per heavy atom. The van der Waals surface area contributed by atoms with Gasteiger partial charge in [0.05, 0.1) is 12.2 Å². The van der Waals surface area contributed by atoms with Crippen LogP contribution in [-0.2, 0) is 25.1 Å². The molecular formula is C19H18N4OS. The van der Waals surface area contributed by atoms with Crippen LogP contribution in [0.4, 0.5) is 0 Å². The predicted octanol–water partition coefficient (Wildman–Crippen LogP) is 2.86. The highest BCUT2D eigenvalue weighted by atomic mass is 32.2. The van der Waals surface area contributed by atoms with Gasteiger partial charge in [-0.2, -0.15) is 4.98 Å². The third-order valence-corrected chi connectivity index (χ3v) is 5.40. The van der Waals surface area contributed by atoms with Gasteiger partial charge in [-0.15, -0.1) is 0 Å². The summed E-state index contributed by atoms with van der Waals surface area (Å²) in [5, 5.41) is 0.866. The van der Waals surface area contributed by atoms with Crippen molar-refractivity contribution in [3.8, 4) is 0 Å². The van der Waals surface area contributed by atoms with E-state index in [4.69, 9.17) is 0 Å². The molecule has 0 saturated carbocycles. The van der Waals surface area contributed by atoms with Gasteiger partial charge in [-0.1, -0.05) is 23.9 Å². The lowest BCUT2D eigenvalue weighted by atomic mass is 10.2. The zero-order valence-corrected chi connectivity index (χ0v) is 14.6. The van der Waals surface area contributed by atoms with Gasteiger partial charge < -0.3 is 0 Å². The molecule has 3 aromatic heterocycles. The van der Waals surface area contributed by atoms with E-state index in [2.05, 4.69) is 15.0 Å². The van der Waals surface area contributed by atoms with E-state index in [1.54, 1.807) is 30.4 Å². The first-order valence-corrected chi connectivity index (χ1v) is 9.34. The Labute approximate surface area is 150 Å². The molecule has 126 valence electrons. The SMILES string of the molecule is O=c1nc(SCc2ccccn2)c2c(n1Cc1cccnc1)CCC2. The van der Waals surface area contributed by atoms with Crippen molar-refractivity contribution in [2.45, 2.75) is 36.6 Å². The maximum atomic E-state index is 12.6. The molecule has 3 heterocycles. The van der Waals surface area contributed by atoms with Crippen LogP contribution in [0.5, 0.6) is 0 Å². The van der Waals surface area contributed by atoms with Gasteiger partial charge in [0.25, 0.3) is 0 Å². The third kappa shape index (κ3) is 3.49. The summed E-state index contributed by atoms with van der Waals surface area (Å²) in [5.41, 5.74) is 4.21. The first kappa shape index (κ1) is 16.0. The number of thioether (sulfide) groups is 1. The van der Waals surface area contributed by atoms with Gasteiger partial charge >= 0.3 is 5.69 Å². The van der Waals surface area contributed by atoms with E-state index in [0.29, 0.717) is 6.54 Å². The number of hydrogen-bond acceptors (Lipinski definition) is 5. The first-order chi connectivity index (χ1) is 12.3. The topological polar surface area (TPSA) is 60.7 Å². The molecule has 0 spiro atoms. The lowest BCUT2D eigenvalue weighted by Gasteiger charge is -2.14. The second-order valence-electron chi connectivity index (χ2n) is 6.04. The molecule has 0 aliphatic heterocycles. The summed E-state index contributed by atoms with van der Waals surface area (Å²) in [5.74, 6) is 0.729. The van der Waals surface area contributed by atoms with Crippen molar-refractivity contribution < 1.29 is 0 Å². The minimum Gasteiger partial charge on any atom is -0.291 e. The average molecular weight is 350 g/mol. The molecule has 0 saturated heterocycles. The summed E-state index contributed by atoms with van der Waals surface area (Å²) < 4.78 is 1.81. The summed E-state index contributed by atoms with van der Waals surface area (Å²) in [6.07, 6.45) is 8.33. The molecule has 0 bridgehead atoms. The number of fused-ring (bicyclic) bond motifs is 1. The molecule has 0 atom stereocenters. The Hall–Kier alpha value is -2.47. The van der Waals surface area contributed by atoms with Crippen molar-refractivity contribution in [2.75, 3.05) is 0 Å². The summed E-state index contributed by atoms with van der Waals surface area (Å²) in [4.78, 5) is 25.5. The second-order valence-corrected chi connectivity index (χ2v) is 7.00. The quantitative estimate of drug-likeness (QED) is 0.523. The Kier molecular flexibility index (Phi) is 4.61. The van der Waals surface area contributed by atoms with E-state index in [-0.39, 0.29) is 5.69 Å². The van der Waals surface area contributed by atoms with Crippen LogP contribution in [-0.4, -0.2) is 19.5 Å². The van der Waals surface area contributed by atoms with Crippen molar-refractivity contribution in [2.24, 2.45) is 0 Å². The minimum atomic E-state index is -0.173. The Morgan fingerprint density at radius 1 is 1.12 bits per heavy atom. The molecule has 1 aliphatic carbocycles. The zero-order valence-electron chi connectivity index (χ0n) is 13.8. The van der Waals surface area contributed by atoms with Crippen molar-refractivity contribution >= 4 is 11.8 Å². The lowest BCUT2D eigenvalue weighted by molar-refractivity contribution is 0.665. The van der Waals surface area contributed by atoms with Crippen molar-refractivity contribution in [3.05, 3.63) is 81.9 Å². The molecule has 0 amide bonds. The van der Waals surface area contributed by atoms with E-state index in [1.165, 1.54) is 5.56 Å². The van der Waals surface area contributed by atoms with Crippen molar-refractivity contribution in [1.29, 1.82) is 0 Å². The standard InChI is InChI=1S/C19H18N4OS/c24-19-22-18(25-13-15-6-1-2-10-21-15)16-7-3-8-17(16)23(19)12-14-5-4-9-20-11-14/h1-2,4-6,9-11H,3,7-8,12-13H2. The van der Waals surface area contributed by atoms with Crippen molar-refractivity contribution in [1.82, 2.24) is 19.5 Å². The van der Waals surface area contributed by atoms with E-state index < -0.39 is 0 Å². The van der Waals surface area contributed by atoms with Crippen LogP contribution in [0.2, 0.25) is 0 Å². The van der Waals surface area contributed by atoms with Gasteiger partial charge in [0, 0.05) is 35.6 Å². The molecule has 4 rings (SSSR count). The fourth-order valence-electron chi connectivity index (χ4n) is 3.17.